The highest BCUT2D eigenvalue weighted by molar-refractivity contribution is 5.75. The topological polar surface area (TPSA) is 17.1 Å². The normalized spacial score (nSPS) is 12.6. The first-order valence-electron chi connectivity index (χ1n) is 7.37. The van der Waals surface area contributed by atoms with Crippen LogP contribution in [0.15, 0.2) is 35.5 Å². The summed E-state index contributed by atoms with van der Waals surface area (Å²) in [7, 11) is 0. The molecule has 0 bridgehead atoms. The third-order valence-electron chi connectivity index (χ3n) is 3.20. The highest BCUT2D eigenvalue weighted by atomic mass is 16.1. The van der Waals surface area contributed by atoms with Crippen LogP contribution in [-0.4, -0.2) is 5.78 Å². The molecule has 0 radical (unpaired) electrons. The van der Waals surface area contributed by atoms with Gasteiger partial charge in [0.2, 0.25) is 0 Å². The van der Waals surface area contributed by atoms with Gasteiger partial charge in [0.05, 0.1) is 0 Å². The number of ketones is 1. The molecule has 0 fully saturated rings. The number of hydrogen-bond donors (Lipinski definition) is 0. The van der Waals surface area contributed by atoms with E-state index in [2.05, 4.69) is 39.5 Å². The van der Waals surface area contributed by atoms with E-state index in [1.807, 2.05) is 0 Å². The van der Waals surface area contributed by atoms with Gasteiger partial charge in [0.25, 0.3) is 0 Å². The number of Topliss-reactive ketones (excluding diaryl/α,β-unsaturated/α-hetero) is 1. The van der Waals surface area contributed by atoms with Gasteiger partial charge in [0, 0.05) is 6.42 Å². The second-order valence-electron chi connectivity index (χ2n) is 5.69. The fraction of sp³-hybridized carbons (Fsp3) is 0.611. The van der Waals surface area contributed by atoms with Gasteiger partial charge in [-0.1, -0.05) is 28.9 Å². The van der Waals surface area contributed by atoms with Crippen LogP contribution in [0.5, 0.6) is 0 Å². The molecule has 0 aliphatic heterocycles. The monoisotopic (exact) mass is 262 g/mol. The van der Waals surface area contributed by atoms with Gasteiger partial charge in [0.15, 0.2) is 0 Å². The zero-order chi connectivity index (χ0) is 14.7. The Kier molecular flexibility index (Phi) is 10.1. The van der Waals surface area contributed by atoms with Crippen LogP contribution in [0, 0.1) is 0 Å². The molecular weight excluding hydrogens is 232 g/mol. The van der Waals surface area contributed by atoms with Crippen molar-refractivity contribution in [3.8, 4) is 0 Å². The number of hydrogen-bond acceptors (Lipinski definition) is 1. The lowest BCUT2D eigenvalue weighted by molar-refractivity contribution is -0.116. The first kappa shape index (κ1) is 17.9. The van der Waals surface area contributed by atoms with E-state index in [0.29, 0.717) is 6.42 Å². The summed E-state index contributed by atoms with van der Waals surface area (Å²) < 4.78 is 0. The maximum Gasteiger partial charge on any atom is 0.130 e. The lowest BCUT2D eigenvalue weighted by atomic mass is 10.0. The summed E-state index contributed by atoms with van der Waals surface area (Å²) >= 11 is 0. The molecule has 0 aliphatic rings. The third kappa shape index (κ3) is 13.1. The van der Waals surface area contributed by atoms with E-state index in [9.17, 15) is 4.79 Å². The van der Waals surface area contributed by atoms with Gasteiger partial charge in [-0.15, -0.1) is 6.58 Å². The average molecular weight is 262 g/mol. The van der Waals surface area contributed by atoms with Crippen molar-refractivity contribution in [3.05, 3.63) is 35.5 Å². The van der Waals surface area contributed by atoms with Crippen molar-refractivity contribution in [2.75, 3.05) is 0 Å². The van der Waals surface area contributed by atoms with Crippen LogP contribution in [0.2, 0.25) is 0 Å². The summed E-state index contributed by atoms with van der Waals surface area (Å²) in [6.07, 6.45) is 11.9. The Balaban J connectivity index is 3.80. The zero-order valence-corrected chi connectivity index (χ0v) is 13.2. The molecule has 0 aromatic rings. The highest BCUT2D eigenvalue weighted by Gasteiger charge is 1.94. The maximum absolute atomic E-state index is 10.8. The summed E-state index contributed by atoms with van der Waals surface area (Å²) in [6, 6.07) is 0. The summed E-state index contributed by atoms with van der Waals surface area (Å²) in [5.41, 5.74) is 4.15. The molecule has 0 amide bonds. The van der Waals surface area contributed by atoms with Gasteiger partial charge in [-0.2, -0.15) is 0 Å². The first-order chi connectivity index (χ1) is 8.91. The summed E-state index contributed by atoms with van der Waals surface area (Å²) in [4.78, 5) is 10.8. The van der Waals surface area contributed by atoms with Gasteiger partial charge in [-0.05, 0) is 66.2 Å². The molecule has 0 aromatic heterocycles. The molecule has 0 N–H and O–H groups in total. The SMILES string of the molecule is C=C(C)CCCC(C)=CCCC(C)=CCCC(C)=O. The minimum absolute atomic E-state index is 0.275. The Labute approximate surface area is 119 Å². The standard InChI is InChI=1S/C18H30O/c1-15(2)9-6-10-16(3)11-7-12-17(4)13-8-14-18(5)19/h11,13H,1,6-10,12,14H2,2-5H3. The van der Waals surface area contributed by atoms with Crippen molar-refractivity contribution in [3.63, 3.8) is 0 Å². The van der Waals surface area contributed by atoms with E-state index in [1.54, 1.807) is 6.92 Å². The smallest absolute Gasteiger partial charge is 0.130 e. The molecule has 0 saturated carbocycles. The molecule has 0 atom stereocenters. The van der Waals surface area contributed by atoms with Crippen LogP contribution < -0.4 is 0 Å². The van der Waals surface area contributed by atoms with E-state index >= 15 is 0 Å². The van der Waals surface area contributed by atoms with Crippen LogP contribution in [0.3, 0.4) is 0 Å². The molecule has 108 valence electrons. The van der Waals surface area contributed by atoms with E-state index < -0.39 is 0 Å². The molecule has 19 heavy (non-hydrogen) atoms. The maximum atomic E-state index is 10.8. The Morgan fingerprint density at radius 2 is 1.37 bits per heavy atom. The fourth-order valence-corrected chi connectivity index (χ4v) is 1.94. The minimum atomic E-state index is 0.275. The lowest BCUT2D eigenvalue weighted by Gasteiger charge is -2.03. The third-order valence-corrected chi connectivity index (χ3v) is 3.20. The zero-order valence-electron chi connectivity index (χ0n) is 13.2. The Bertz CT molecular complexity index is 345. The highest BCUT2D eigenvalue weighted by Crippen LogP contribution is 2.13. The largest absolute Gasteiger partial charge is 0.300 e. The first-order valence-corrected chi connectivity index (χ1v) is 7.37. The summed E-state index contributed by atoms with van der Waals surface area (Å²) in [6.45, 7) is 12.0. The van der Waals surface area contributed by atoms with Crippen LogP contribution in [0.1, 0.15) is 72.6 Å². The van der Waals surface area contributed by atoms with Crippen molar-refractivity contribution in [2.24, 2.45) is 0 Å². The predicted octanol–water partition coefficient (Wildman–Crippen LogP) is 5.77. The van der Waals surface area contributed by atoms with Gasteiger partial charge < -0.3 is 4.79 Å². The molecule has 0 aromatic carbocycles. The quantitative estimate of drug-likeness (QED) is 0.456. The molecular formula is C18H30O. The van der Waals surface area contributed by atoms with Crippen LogP contribution in [0.25, 0.3) is 0 Å². The van der Waals surface area contributed by atoms with Crippen molar-refractivity contribution < 1.29 is 4.79 Å². The van der Waals surface area contributed by atoms with Gasteiger partial charge in [0.1, 0.15) is 5.78 Å². The van der Waals surface area contributed by atoms with E-state index in [1.165, 1.54) is 29.6 Å². The Morgan fingerprint density at radius 3 is 1.89 bits per heavy atom. The average Bonchev–Trinajstić information content (AvgIpc) is 2.27. The molecule has 0 saturated heterocycles. The van der Waals surface area contributed by atoms with Gasteiger partial charge in [-0.3, -0.25) is 0 Å². The Hall–Kier alpha value is -1.11. The Morgan fingerprint density at radius 1 is 0.842 bits per heavy atom. The van der Waals surface area contributed by atoms with Crippen molar-refractivity contribution in [1.82, 2.24) is 0 Å². The number of allylic oxidation sites excluding steroid dienone is 5. The van der Waals surface area contributed by atoms with Crippen LogP contribution in [-0.2, 0) is 4.79 Å². The number of rotatable bonds is 10. The molecule has 0 aliphatic carbocycles. The molecule has 0 spiro atoms. The molecule has 0 heterocycles. The fourth-order valence-electron chi connectivity index (χ4n) is 1.94. The summed E-state index contributed by atoms with van der Waals surface area (Å²) in [5.74, 6) is 0.275. The van der Waals surface area contributed by atoms with Crippen molar-refractivity contribution in [1.29, 1.82) is 0 Å². The van der Waals surface area contributed by atoms with Crippen LogP contribution in [0.4, 0.5) is 0 Å². The van der Waals surface area contributed by atoms with E-state index in [4.69, 9.17) is 0 Å². The lowest BCUT2D eigenvalue weighted by Crippen LogP contribution is -1.87. The predicted molar refractivity (Wildman–Crippen MR) is 85.3 cm³/mol. The van der Waals surface area contributed by atoms with E-state index in [-0.39, 0.29) is 5.78 Å². The van der Waals surface area contributed by atoms with Gasteiger partial charge in [-0.25, -0.2) is 0 Å². The number of carbonyl (C=O) groups excluding carboxylic acids is 1. The van der Waals surface area contributed by atoms with Crippen molar-refractivity contribution in [2.45, 2.75) is 72.6 Å². The second-order valence-corrected chi connectivity index (χ2v) is 5.69. The number of carbonyl (C=O) groups is 1. The second kappa shape index (κ2) is 10.8. The molecule has 0 unspecified atom stereocenters. The van der Waals surface area contributed by atoms with Crippen LogP contribution >= 0.6 is 0 Å². The van der Waals surface area contributed by atoms with Crippen molar-refractivity contribution >= 4 is 5.78 Å². The van der Waals surface area contributed by atoms with Gasteiger partial charge >= 0.3 is 0 Å². The molecule has 1 nitrogen and oxygen atoms in total. The minimum Gasteiger partial charge on any atom is -0.300 e. The summed E-state index contributed by atoms with van der Waals surface area (Å²) in [5, 5.41) is 0. The molecule has 0 rings (SSSR count). The van der Waals surface area contributed by atoms with E-state index in [0.717, 1.165) is 25.7 Å². The molecule has 1 heteroatoms.